The van der Waals surface area contributed by atoms with Gasteiger partial charge in [0.2, 0.25) is 0 Å². The molecule has 2 atom stereocenters. The van der Waals surface area contributed by atoms with E-state index < -0.39 is 0 Å². The van der Waals surface area contributed by atoms with E-state index in [-0.39, 0.29) is 17.6 Å². The highest BCUT2D eigenvalue weighted by Crippen LogP contribution is 2.37. The molecule has 2 saturated heterocycles. The van der Waals surface area contributed by atoms with Crippen molar-refractivity contribution in [2.24, 2.45) is 5.92 Å². The molecule has 2 aliphatic heterocycles. The van der Waals surface area contributed by atoms with Crippen LogP contribution >= 0.6 is 0 Å². The summed E-state index contributed by atoms with van der Waals surface area (Å²) < 4.78 is 16.8. The highest BCUT2D eigenvalue weighted by Gasteiger charge is 2.45. The standard InChI is InChI=1S/C16H22N2O4/c19-15(13-7-17-22-9-13)18-5-1-4-16(11-18)6-14(10-21-16)20-8-12-2-3-12/h7,9,12,14H,1-6,8,10-11H2/t14-,16-/m0/s1. The summed E-state index contributed by atoms with van der Waals surface area (Å²) in [5, 5.41) is 3.61. The zero-order valence-corrected chi connectivity index (χ0v) is 12.7. The van der Waals surface area contributed by atoms with Crippen LogP contribution in [0.3, 0.4) is 0 Å². The first kappa shape index (κ1) is 14.2. The molecule has 0 unspecified atom stereocenters. The number of rotatable bonds is 4. The Morgan fingerprint density at radius 2 is 2.41 bits per heavy atom. The van der Waals surface area contributed by atoms with Crippen LogP contribution in [0.25, 0.3) is 0 Å². The van der Waals surface area contributed by atoms with Crippen molar-refractivity contribution in [1.29, 1.82) is 0 Å². The Morgan fingerprint density at radius 3 is 3.18 bits per heavy atom. The predicted octanol–water partition coefficient (Wildman–Crippen LogP) is 1.86. The lowest BCUT2D eigenvalue weighted by atomic mass is 9.89. The molecule has 1 aromatic rings. The number of amides is 1. The van der Waals surface area contributed by atoms with Gasteiger partial charge in [-0.2, -0.15) is 0 Å². The Labute approximate surface area is 129 Å². The zero-order valence-electron chi connectivity index (χ0n) is 12.7. The number of hydrogen-bond acceptors (Lipinski definition) is 5. The van der Waals surface area contributed by atoms with Crippen LogP contribution < -0.4 is 0 Å². The number of likely N-dealkylation sites (tertiary alicyclic amines) is 1. The van der Waals surface area contributed by atoms with Crippen LogP contribution in [0.1, 0.15) is 42.5 Å². The van der Waals surface area contributed by atoms with Crippen LogP contribution in [-0.4, -0.2) is 54.0 Å². The third-order valence-corrected chi connectivity index (χ3v) is 4.95. The maximum absolute atomic E-state index is 12.4. The van der Waals surface area contributed by atoms with Crippen molar-refractivity contribution in [1.82, 2.24) is 10.1 Å². The Kier molecular flexibility index (Phi) is 3.66. The molecule has 1 saturated carbocycles. The van der Waals surface area contributed by atoms with Gasteiger partial charge in [-0.25, -0.2) is 0 Å². The second-order valence-corrected chi connectivity index (χ2v) is 6.84. The van der Waals surface area contributed by atoms with Gasteiger partial charge >= 0.3 is 0 Å². The minimum Gasteiger partial charge on any atom is -0.375 e. The summed E-state index contributed by atoms with van der Waals surface area (Å²) in [6.45, 7) is 2.93. The predicted molar refractivity (Wildman–Crippen MR) is 77.4 cm³/mol. The first-order chi connectivity index (χ1) is 10.7. The monoisotopic (exact) mass is 306 g/mol. The summed E-state index contributed by atoms with van der Waals surface area (Å²) in [6, 6.07) is 0. The van der Waals surface area contributed by atoms with Crippen LogP contribution in [0.15, 0.2) is 17.0 Å². The molecular weight excluding hydrogens is 284 g/mol. The molecule has 0 radical (unpaired) electrons. The minimum atomic E-state index is -0.223. The molecule has 1 aliphatic carbocycles. The van der Waals surface area contributed by atoms with Crippen molar-refractivity contribution in [3.05, 3.63) is 18.0 Å². The average Bonchev–Trinajstić information content (AvgIpc) is 3.05. The maximum atomic E-state index is 12.4. The van der Waals surface area contributed by atoms with E-state index in [9.17, 15) is 4.79 Å². The first-order valence-electron chi connectivity index (χ1n) is 8.18. The second-order valence-electron chi connectivity index (χ2n) is 6.84. The molecule has 3 fully saturated rings. The molecule has 22 heavy (non-hydrogen) atoms. The van der Waals surface area contributed by atoms with Crippen molar-refractivity contribution >= 4 is 5.91 Å². The van der Waals surface area contributed by atoms with Crippen molar-refractivity contribution in [3.8, 4) is 0 Å². The molecule has 6 heteroatoms. The summed E-state index contributed by atoms with van der Waals surface area (Å²) in [7, 11) is 0. The molecule has 3 aliphatic rings. The molecule has 1 amide bonds. The van der Waals surface area contributed by atoms with Gasteiger partial charge in [0, 0.05) is 19.6 Å². The van der Waals surface area contributed by atoms with Gasteiger partial charge in [0.05, 0.1) is 36.6 Å². The van der Waals surface area contributed by atoms with Crippen LogP contribution in [0.2, 0.25) is 0 Å². The van der Waals surface area contributed by atoms with Crippen LogP contribution in [0.5, 0.6) is 0 Å². The van der Waals surface area contributed by atoms with Gasteiger partial charge < -0.3 is 18.9 Å². The molecule has 0 N–H and O–H groups in total. The summed E-state index contributed by atoms with van der Waals surface area (Å²) in [5.41, 5.74) is 0.288. The van der Waals surface area contributed by atoms with Gasteiger partial charge in [0.25, 0.3) is 5.91 Å². The van der Waals surface area contributed by atoms with Gasteiger partial charge in [0.15, 0.2) is 0 Å². The Balaban J connectivity index is 1.37. The average molecular weight is 306 g/mol. The Morgan fingerprint density at radius 1 is 1.50 bits per heavy atom. The fourth-order valence-corrected chi connectivity index (χ4v) is 3.52. The summed E-state index contributed by atoms with van der Waals surface area (Å²) in [5.74, 6) is 0.751. The molecule has 120 valence electrons. The van der Waals surface area contributed by atoms with Gasteiger partial charge in [-0.05, 0) is 31.6 Å². The highest BCUT2D eigenvalue weighted by atomic mass is 16.6. The number of aromatic nitrogens is 1. The van der Waals surface area contributed by atoms with Gasteiger partial charge in [-0.3, -0.25) is 4.79 Å². The van der Waals surface area contributed by atoms with Crippen molar-refractivity contribution < 1.29 is 18.8 Å². The summed E-state index contributed by atoms with van der Waals surface area (Å²) in [4.78, 5) is 14.3. The number of ether oxygens (including phenoxy) is 2. The highest BCUT2D eigenvalue weighted by molar-refractivity contribution is 5.93. The molecule has 0 aromatic carbocycles. The molecule has 4 rings (SSSR count). The van der Waals surface area contributed by atoms with E-state index in [1.807, 2.05) is 4.90 Å². The van der Waals surface area contributed by atoms with Crippen molar-refractivity contribution in [2.45, 2.75) is 43.8 Å². The quantitative estimate of drug-likeness (QED) is 0.849. The first-order valence-corrected chi connectivity index (χ1v) is 8.18. The SMILES string of the molecule is O=C(c1cnoc1)N1CCC[C@]2(C[C@H](OCC3CC3)CO2)C1. The van der Waals surface area contributed by atoms with Crippen LogP contribution in [0, 0.1) is 5.92 Å². The molecular formula is C16H22N2O4. The fourth-order valence-electron chi connectivity index (χ4n) is 3.52. The minimum absolute atomic E-state index is 0.0220. The molecule has 0 bridgehead atoms. The molecule has 1 aromatic heterocycles. The lowest BCUT2D eigenvalue weighted by Crippen LogP contribution is -2.50. The second kappa shape index (κ2) is 5.66. The number of piperidine rings is 1. The van der Waals surface area contributed by atoms with Crippen LogP contribution in [-0.2, 0) is 9.47 Å². The van der Waals surface area contributed by atoms with E-state index in [1.165, 1.54) is 25.3 Å². The maximum Gasteiger partial charge on any atom is 0.258 e. The summed E-state index contributed by atoms with van der Waals surface area (Å²) >= 11 is 0. The topological polar surface area (TPSA) is 64.8 Å². The van der Waals surface area contributed by atoms with E-state index in [0.717, 1.165) is 38.3 Å². The summed E-state index contributed by atoms with van der Waals surface area (Å²) in [6.07, 6.45) is 8.54. The number of hydrogen-bond donors (Lipinski definition) is 0. The van der Waals surface area contributed by atoms with Gasteiger partial charge in [-0.1, -0.05) is 5.16 Å². The van der Waals surface area contributed by atoms with Crippen molar-refractivity contribution in [2.75, 3.05) is 26.3 Å². The van der Waals surface area contributed by atoms with Crippen molar-refractivity contribution in [3.63, 3.8) is 0 Å². The van der Waals surface area contributed by atoms with Crippen LogP contribution in [0.4, 0.5) is 0 Å². The van der Waals surface area contributed by atoms with E-state index in [0.29, 0.717) is 18.7 Å². The fraction of sp³-hybridized carbons (Fsp3) is 0.750. The Bertz CT molecular complexity index is 528. The largest absolute Gasteiger partial charge is 0.375 e. The number of carbonyl (C=O) groups is 1. The number of carbonyl (C=O) groups excluding carboxylic acids is 1. The zero-order chi connectivity index (χ0) is 15.0. The molecule has 6 nitrogen and oxygen atoms in total. The van der Waals surface area contributed by atoms with Gasteiger partial charge in [0.1, 0.15) is 6.26 Å². The third-order valence-electron chi connectivity index (χ3n) is 4.95. The normalized spacial score (nSPS) is 31.8. The third kappa shape index (κ3) is 2.90. The molecule has 1 spiro atoms. The number of nitrogens with zero attached hydrogens (tertiary/aromatic N) is 2. The van der Waals surface area contributed by atoms with E-state index >= 15 is 0 Å². The lowest BCUT2D eigenvalue weighted by molar-refractivity contribution is -0.0465. The van der Waals surface area contributed by atoms with E-state index in [1.54, 1.807) is 0 Å². The lowest BCUT2D eigenvalue weighted by Gasteiger charge is -2.39. The van der Waals surface area contributed by atoms with E-state index in [4.69, 9.17) is 14.0 Å². The smallest absolute Gasteiger partial charge is 0.258 e. The Hall–Kier alpha value is -1.40. The molecule has 3 heterocycles. The van der Waals surface area contributed by atoms with E-state index in [2.05, 4.69) is 5.16 Å². The van der Waals surface area contributed by atoms with Gasteiger partial charge in [-0.15, -0.1) is 0 Å².